The van der Waals surface area contributed by atoms with Crippen molar-refractivity contribution in [2.45, 2.75) is 6.42 Å². The van der Waals surface area contributed by atoms with Crippen LogP contribution in [0.25, 0.3) is 0 Å². The second-order valence-corrected chi connectivity index (χ2v) is 4.34. The van der Waals surface area contributed by atoms with Crippen molar-refractivity contribution in [2.24, 2.45) is 7.05 Å². The van der Waals surface area contributed by atoms with Crippen LogP contribution in [0.15, 0.2) is 12.4 Å². The highest BCUT2D eigenvalue weighted by atomic mass is 15.3. The first kappa shape index (κ1) is 13.1. The van der Waals surface area contributed by atoms with E-state index in [0.29, 0.717) is 18.4 Å². The van der Waals surface area contributed by atoms with E-state index >= 15 is 0 Å². The van der Waals surface area contributed by atoms with Crippen LogP contribution in [0.3, 0.4) is 0 Å². The van der Waals surface area contributed by atoms with E-state index in [1.54, 1.807) is 11.1 Å². The molecule has 0 aliphatic heterocycles. The Balaban J connectivity index is 1.98. The van der Waals surface area contributed by atoms with E-state index in [0.717, 1.165) is 12.2 Å². The zero-order valence-corrected chi connectivity index (χ0v) is 11.3. The maximum atomic E-state index is 5.64. The molecule has 2 aromatic heterocycles. The minimum Gasteiger partial charge on any atom is -0.368 e. The van der Waals surface area contributed by atoms with Crippen LogP contribution in [-0.4, -0.2) is 45.1 Å². The SMILES string of the molecule is CN(C)c1nc(N)nc(NCCc2nccn2C)n1. The molecular formula is C11H18N8. The number of nitrogens with two attached hydrogens (primary N) is 1. The summed E-state index contributed by atoms with van der Waals surface area (Å²) < 4.78 is 1.98. The normalized spacial score (nSPS) is 10.5. The molecule has 0 aromatic carbocycles. The average Bonchev–Trinajstić information content (AvgIpc) is 2.74. The minimum absolute atomic E-state index is 0.207. The third-order valence-electron chi connectivity index (χ3n) is 2.59. The van der Waals surface area contributed by atoms with Gasteiger partial charge in [-0.25, -0.2) is 4.98 Å². The van der Waals surface area contributed by atoms with Crippen LogP contribution in [0.1, 0.15) is 5.82 Å². The highest BCUT2D eigenvalue weighted by Gasteiger charge is 2.06. The maximum absolute atomic E-state index is 5.64. The van der Waals surface area contributed by atoms with Crippen molar-refractivity contribution in [2.75, 3.05) is 36.6 Å². The summed E-state index contributed by atoms with van der Waals surface area (Å²) in [5.41, 5.74) is 5.64. The molecule has 0 aliphatic carbocycles. The number of hydrogen-bond donors (Lipinski definition) is 2. The van der Waals surface area contributed by atoms with Crippen LogP contribution in [0.4, 0.5) is 17.8 Å². The van der Waals surface area contributed by atoms with Gasteiger partial charge < -0.3 is 20.5 Å². The van der Waals surface area contributed by atoms with E-state index in [-0.39, 0.29) is 5.95 Å². The number of imidazole rings is 1. The lowest BCUT2D eigenvalue weighted by atomic mass is 10.4. The van der Waals surface area contributed by atoms with Gasteiger partial charge in [-0.1, -0.05) is 0 Å². The van der Waals surface area contributed by atoms with E-state index in [2.05, 4.69) is 25.3 Å². The van der Waals surface area contributed by atoms with Gasteiger partial charge in [-0.2, -0.15) is 15.0 Å². The highest BCUT2D eigenvalue weighted by molar-refractivity contribution is 5.40. The molecule has 0 saturated carbocycles. The van der Waals surface area contributed by atoms with Gasteiger partial charge in [0.2, 0.25) is 17.8 Å². The van der Waals surface area contributed by atoms with Crippen molar-refractivity contribution in [3.05, 3.63) is 18.2 Å². The van der Waals surface area contributed by atoms with Gasteiger partial charge in [0.05, 0.1) is 0 Å². The number of aromatic nitrogens is 5. The summed E-state index contributed by atoms with van der Waals surface area (Å²) >= 11 is 0. The Hall–Kier alpha value is -2.38. The molecule has 2 rings (SSSR count). The van der Waals surface area contributed by atoms with Crippen LogP contribution in [-0.2, 0) is 13.5 Å². The smallest absolute Gasteiger partial charge is 0.231 e. The fourth-order valence-corrected chi connectivity index (χ4v) is 1.58. The van der Waals surface area contributed by atoms with Crippen molar-refractivity contribution >= 4 is 17.8 Å². The zero-order chi connectivity index (χ0) is 13.8. The monoisotopic (exact) mass is 262 g/mol. The Bertz CT molecular complexity index is 547. The van der Waals surface area contributed by atoms with Gasteiger partial charge in [-0.15, -0.1) is 0 Å². The van der Waals surface area contributed by atoms with Gasteiger partial charge in [0.1, 0.15) is 5.82 Å². The standard InChI is InChI=1S/C11H18N8/c1-18(2)11-16-9(12)15-10(17-11)14-5-4-8-13-6-7-19(8)3/h6-7H,4-5H2,1-3H3,(H3,12,14,15,16,17). The summed E-state index contributed by atoms with van der Waals surface area (Å²) in [6.07, 6.45) is 4.48. The molecule has 8 heteroatoms. The number of nitrogens with one attached hydrogen (secondary N) is 1. The maximum Gasteiger partial charge on any atom is 0.231 e. The molecule has 0 spiro atoms. The number of rotatable bonds is 5. The molecule has 2 heterocycles. The Morgan fingerprint density at radius 1 is 1.32 bits per heavy atom. The molecule has 0 amide bonds. The van der Waals surface area contributed by atoms with Crippen molar-refractivity contribution in [1.82, 2.24) is 24.5 Å². The third-order valence-corrected chi connectivity index (χ3v) is 2.59. The van der Waals surface area contributed by atoms with E-state index in [9.17, 15) is 0 Å². The number of anilines is 3. The van der Waals surface area contributed by atoms with Crippen molar-refractivity contribution < 1.29 is 0 Å². The Morgan fingerprint density at radius 3 is 2.74 bits per heavy atom. The molecule has 3 N–H and O–H groups in total. The first-order valence-electron chi connectivity index (χ1n) is 5.95. The average molecular weight is 262 g/mol. The van der Waals surface area contributed by atoms with Crippen LogP contribution in [0.5, 0.6) is 0 Å². The fraction of sp³-hybridized carbons (Fsp3) is 0.455. The molecule has 0 saturated heterocycles. The van der Waals surface area contributed by atoms with E-state index in [1.165, 1.54) is 0 Å². The largest absolute Gasteiger partial charge is 0.368 e. The van der Waals surface area contributed by atoms with Gasteiger partial charge in [0.25, 0.3) is 0 Å². The van der Waals surface area contributed by atoms with Gasteiger partial charge in [-0.3, -0.25) is 0 Å². The lowest BCUT2D eigenvalue weighted by Gasteiger charge is -2.12. The second-order valence-electron chi connectivity index (χ2n) is 4.34. The van der Waals surface area contributed by atoms with Crippen LogP contribution in [0, 0.1) is 0 Å². The number of nitrogens with zero attached hydrogens (tertiary/aromatic N) is 6. The molecule has 0 fully saturated rings. The Kier molecular flexibility index (Phi) is 3.79. The zero-order valence-electron chi connectivity index (χ0n) is 11.3. The first-order chi connectivity index (χ1) is 9.06. The lowest BCUT2D eigenvalue weighted by Crippen LogP contribution is -2.17. The fourth-order valence-electron chi connectivity index (χ4n) is 1.58. The van der Waals surface area contributed by atoms with Gasteiger partial charge in [-0.05, 0) is 0 Å². The van der Waals surface area contributed by atoms with E-state index in [4.69, 9.17) is 5.73 Å². The second kappa shape index (κ2) is 5.51. The predicted molar refractivity (Wildman–Crippen MR) is 74.0 cm³/mol. The quantitative estimate of drug-likeness (QED) is 0.777. The molecule has 0 bridgehead atoms. The summed E-state index contributed by atoms with van der Waals surface area (Å²) in [7, 11) is 5.67. The lowest BCUT2D eigenvalue weighted by molar-refractivity contribution is 0.786. The van der Waals surface area contributed by atoms with E-state index < -0.39 is 0 Å². The molecule has 2 aromatic rings. The summed E-state index contributed by atoms with van der Waals surface area (Å²) in [5, 5.41) is 3.12. The molecule has 102 valence electrons. The van der Waals surface area contributed by atoms with Crippen LogP contribution < -0.4 is 16.0 Å². The van der Waals surface area contributed by atoms with Crippen LogP contribution >= 0.6 is 0 Å². The van der Waals surface area contributed by atoms with Gasteiger partial charge in [0.15, 0.2) is 0 Å². The number of hydrogen-bond acceptors (Lipinski definition) is 7. The molecular weight excluding hydrogens is 244 g/mol. The molecule has 8 nitrogen and oxygen atoms in total. The topological polar surface area (TPSA) is 97.8 Å². The summed E-state index contributed by atoms with van der Waals surface area (Å²) in [6.45, 7) is 0.682. The molecule has 19 heavy (non-hydrogen) atoms. The molecule has 0 unspecified atom stereocenters. The summed E-state index contributed by atoms with van der Waals surface area (Å²) in [4.78, 5) is 18.4. The van der Waals surface area contributed by atoms with Gasteiger partial charge in [0, 0.05) is 46.5 Å². The number of nitrogen functional groups attached to an aromatic ring is 1. The molecule has 0 aliphatic rings. The van der Waals surface area contributed by atoms with Crippen molar-refractivity contribution in [1.29, 1.82) is 0 Å². The minimum atomic E-state index is 0.207. The van der Waals surface area contributed by atoms with Crippen molar-refractivity contribution in [3.63, 3.8) is 0 Å². The Labute approximate surface area is 111 Å². The molecule has 0 radical (unpaired) electrons. The number of aryl methyl sites for hydroxylation is 1. The first-order valence-corrected chi connectivity index (χ1v) is 5.95. The van der Waals surface area contributed by atoms with Gasteiger partial charge >= 0.3 is 0 Å². The summed E-state index contributed by atoms with van der Waals surface area (Å²) in [6, 6.07) is 0. The predicted octanol–water partition coefficient (Wildman–Crippen LogP) is -0.0921. The van der Waals surface area contributed by atoms with Crippen molar-refractivity contribution in [3.8, 4) is 0 Å². The molecule has 0 atom stereocenters. The Morgan fingerprint density at radius 2 is 2.11 bits per heavy atom. The summed E-state index contributed by atoms with van der Waals surface area (Å²) in [5.74, 6) is 2.22. The van der Waals surface area contributed by atoms with E-state index in [1.807, 2.05) is 31.9 Å². The highest BCUT2D eigenvalue weighted by Crippen LogP contribution is 2.09. The van der Waals surface area contributed by atoms with Crippen LogP contribution in [0.2, 0.25) is 0 Å². The third kappa shape index (κ3) is 3.30.